The first-order valence-corrected chi connectivity index (χ1v) is 11.3. The molecule has 14 atom stereocenters. The van der Waals surface area contributed by atoms with Crippen molar-refractivity contribution in [3.8, 4) is 0 Å². The SMILES string of the molecule is NC1=NC(O)C2C3OC4(O)OC(CC(O)C2(N1)C4O)C3(O)COC1OC(CCO)C(O)C(O)C1O. The summed E-state index contributed by atoms with van der Waals surface area (Å²) in [6.07, 6.45) is -16.1. The summed E-state index contributed by atoms with van der Waals surface area (Å²) in [7, 11) is 0. The molecular weight excluding hydrogens is 478 g/mol. The normalized spacial score (nSPS) is 57.3. The molecule has 1 aliphatic carbocycles. The number of fused-ring (bicyclic) bond motifs is 1. The van der Waals surface area contributed by atoms with Gasteiger partial charge >= 0.3 is 5.97 Å². The minimum Gasteiger partial charge on any atom is -0.396 e. The van der Waals surface area contributed by atoms with E-state index in [0.29, 0.717) is 0 Å². The van der Waals surface area contributed by atoms with Gasteiger partial charge in [0.25, 0.3) is 0 Å². The molecule has 6 aliphatic rings. The number of hydrogen-bond acceptors (Lipinski definition) is 16. The molecule has 6 rings (SSSR count). The Morgan fingerprint density at radius 2 is 1.77 bits per heavy atom. The van der Waals surface area contributed by atoms with Crippen LogP contribution in [0.15, 0.2) is 4.99 Å². The van der Waals surface area contributed by atoms with Crippen LogP contribution < -0.4 is 11.1 Å². The third kappa shape index (κ3) is 3.45. The van der Waals surface area contributed by atoms with E-state index in [9.17, 15) is 46.0 Å². The molecule has 0 radical (unpaired) electrons. The second kappa shape index (κ2) is 8.38. The predicted octanol–water partition coefficient (Wildman–Crippen LogP) is -6.92. The van der Waals surface area contributed by atoms with E-state index in [0.717, 1.165) is 0 Å². The molecule has 0 aromatic heterocycles. The number of rotatable bonds is 5. The van der Waals surface area contributed by atoms with E-state index >= 15 is 0 Å². The molecule has 5 fully saturated rings. The lowest BCUT2D eigenvalue weighted by Crippen LogP contribution is -2.85. The van der Waals surface area contributed by atoms with Gasteiger partial charge in [-0.05, 0) is 6.42 Å². The highest BCUT2D eigenvalue weighted by atomic mass is 16.9. The van der Waals surface area contributed by atoms with Crippen molar-refractivity contribution in [3.05, 3.63) is 0 Å². The topological polar surface area (TPSA) is 269 Å². The van der Waals surface area contributed by atoms with Gasteiger partial charge in [0.15, 0.2) is 24.6 Å². The van der Waals surface area contributed by atoms with Gasteiger partial charge in [-0.25, -0.2) is 4.99 Å². The maximum absolute atomic E-state index is 11.7. The molecule has 14 unspecified atom stereocenters. The van der Waals surface area contributed by atoms with Crippen LogP contribution in [0.2, 0.25) is 0 Å². The predicted molar refractivity (Wildman–Crippen MR) is 108 cm³/mol. The molecule has 1 saturated carbocycles. The third-order valence-corrected chi connectivity index (χ3v) is 7.82. The van der Waals surface area contributed by atoms with Gasteiger partial charge in [-0.3, -0.25) is 0 Å². The molecule has 4 saturated heterocycles. The fourth-order valence-electron chi connectivity index (χ4n) is 6.03. The average molecular weight is 509 g/mol. The van der Waals surface area contributed by atoms with Crippen LogP contribution >= 0.6 is 0 Å². The van der Waals surface area contributed by atoms with Crippen molar-refractivity contribution < 1.29 is 64.9 Å². The number of aliphatic hydroxyl groups is 9. The summed E-state index contributed by atoms with van der Waals surface area (Å²) in [6, 6.07) is 0. The van der Waals surface area contributed by atoms with Crippen LogP contribution in [0.1, 0.15) is 12.8 Å². The molecule has 16 nitrogen and oxygen atoms in total. The highest BCUT2D eigenvalue weighted by molar-refractivity contribution is 5.80. The number of aliphatic imine (C=N–C) groups is 1. The van der Waals surface area contributed by atoms with Crippen molar-refractivity contribution in [2.24, 2.45) is 16.6 Å². The first kappa shape index (κ1) is 25.4. The first-order chi connectivity index (χ1) is 16.4. The fraction of sp³-hybridized carbons (Fsp3) is 0.947. The molecule has 35 heavy (non-hydrogen) atoms. The van der Waals surface area contributed by atoms with Crippen LogP contribution in [0.5, 0.6) is 0 Å². The van der Waals surface area contributed by atoms with E-state index in [2.05, 4.69) is 10.3 Å². The van der Waals surface area contributed by atoms with Crippen LogP contribution in [0.25, 0.3) is 0 Å². The van der Waals surface area contributed by atoms with Gasteiger partial charge in [-0.2, -0.15) is 0 Å². The average Bonchev–Trinajstić information content (AvgIpc) is 2.87. The van der Waals surface area contributed by atoms with Gasteiger partial charge < -0.3 is 76.0 Å². The number of hydrogen-bond donors (Lipinski definition) is 11. The van der Waals surface area contributed by atoms with Gasteiger partial charge in [-0.15, -0.1) is 0 Å². The van der Waals surface area contributed by atoms with Crippen LogP contribution in [0.3, 0.4) is 0 Å². The molecule has 0 aromatic carbocycles. The summed E-state index contributed by atoms with van der Waals surface area (Å²) in [6.45, 7) is -1.11. The van der Waals surface area contributed by atoms with Crippen molar-refractivity contribution in [1.29, 1.82) is 0 Å². The zero-order valence-electron chi connectivity index (χ0n) is 18.4. The molecule has 5 aliphatic heterocycles. The quantitative estimate of drug-likeness (QED) is 0.164. The van der Waals surface area contributed by atoms with E-state index in [-0.39, 0.29) is 25.4 Å². The highest BCUT2D eigenvalue weighted by Crippen LogP contribution is 2.56. The summed E-state index contributed by atoms with van der Waals surface area (Å²) in [5, 5.41) is 97.8. The molecule has 4 bridgehead atoms. The Morgan fingerprint density at radius 3 is 2.46 bits per heavy atom. The van der Waals surface area contributed by atoms with Crippen molar-refractivity contribution in [1.82, 2.24) is 5.32 Å². The first-order valence-electron chi connectivity index (χ1n) is 11.3. The lowest BCUT2D eigenvalue weighted by Gasteiger charge is -2.62. The Hall–Kier alpha value is -1.25. The zero-order valence-corrected chi connectivity index (χ0v) is 18.4. The molecule has 0 aromatic rings. The lowest BCUT2D eigenvalue weighted by molar-refractivity contribution is -0.506. The largest absolute Gasteiger partial charge is 0.396 e. The smallest absolute Gasteiger partial charge is 0.311 e. The van der Waals surface area contributed by atoms with Crippen molar-refractivity contribution in [2.75, 3.05) is 13.2 Å². The Balaban J connectivity index is 1.46. The van der Waals surface area contributed by atoms with Gasteiger partial charge in [0.1, 0.15) is 35.6 Å². The molecule has 5 heterocycles. The van der Waals surface area contributed by atoms with Crippen LogP contribution in [-0.4, -0.2) is 144 Å². The summed E-state index contributed by atoms with van der Waals surface area (Å²) in [4.78, 5) is 3.81. The van der Waals surface area contributed by atoms with Crippen molar-refractivity contribution in [2.45, 2.75) is 91.3 Å². The minimum absolute atomic E-state index is 0.0778. The van der Waals surface area contributed by atoms with Crippen molar-refractivity contribution in [3.63, 3.8) is 0 Å². The molecule has 16 heteroatoms. The zero-order chi connectivity index (χ0) is 25.5. The van der Waals surface area contributed by atoms with E-state index < -0.39 is 91.0 Å². The molecule has 1 spiro atoms. The van der Waals surface area contributed by atoms with Gasteiger partial charge in [0.2, 0.25) is 0 Å². The van der Waals surface area contributed by atoms with Crippen LogP contribution in [-0.2, 0) is 18.9 Å². The molecule has 0 amide bonds. The van der Waals surface area contributed by atoms with Gasteiger partial charge in [0, 0.05) is 13.0 Å². The number of nitrogens with zero attached hydrogens (tertiary/aromatic N) is 1. The molecule has 12 N–H and O–H groups in total. The maximum atomic E-state index is 11.7. The van der Waals surface area contributed by atoms with Crippen LogP contribution in [0, 0.1) is 5.92 Å². The number of guanidine groups is 1. The summed E-state index contributed by atoms with van der Waals surface area (Å²) in [5.41, 5.74) is 1.61. The third-order valence-electron chi connectivity index (χ3n) is 7.82. The molecular formula is C19H31N3O13. The standard InChI is InChI=1S/C19H31N3O13/c20-16-21-13(28)8-12-17(30,4-32-14-11(27)10(26)9(25)5(33-14)1-2-23)7-3-6(24)18(8,22-16)15(29)19(31,34-7)35-12/h5-15,23-31H,1-4H2,(H3,20,21,22). The Labute approximate surface area is 198 Å². The summed E-state index contributed by atoms with van der Waals surface area (Å²) >= 11 is 0. The number of ether oxygens (including phenoxy) is 4. The highest BCUT2D eigenvalue weighted by Gasteiger charge is 2.78. The van der Waals surface area contributed by atoms with E-state index in [4.69, 9.17) is 24.7 Å². The van der Waals surface area contributed by atoms with E-state index in [1.165, 1.54) is 0 Å². The van der Waals surface area contributed by atoms with Crippen LogP contribution in [0.4, 0.5) is 0 Å². The Kier molecular flexibility index (Phi) is 6.09. The monoisotopic (exact) mass is 509 g/mol. The fourth-order valence-corrected chi connectivity index (χ4v) is 6.03. The summed E-state index contributed by atoms with van der Waals surface area (Å²) < 4.78 is 22.0. The number of nitrogens with two attached hydrogens (primary N) is 1. The second-order valence-corrected chi connectivity index (χ2v) is 9.77. The Morgan fingerprint density at radius 1 is 1.06 bits per heavy atom. The number of nitrogens with one attached hydrogen (secondary N) is 1. The Bertz CT molecular complexity index is 868. The maximum Gasteiger partial charge on any atom is 0.311 e. The number of aliphatic hydroxyl groups excluding tert-OH is 7. The molecule has 200 valence electrons. The van der Waals surface area contributed by atoms with Gasteiger partial charge in [0.05, 0.1) is 30.8 Å². The van der Waals surface area contributed by atoms with E-state index in [1.807, 2.05) is 0 Å². The second-order valence-electron chi connectivity index (χ2n) is 9.77. The minimum atomic E-state index is -2.69. The van der Waals surface area contributed by atoms with Crippen molar-refractivity contribution >= 4 is 5.96 Å². The lowest BCUT2D eigenvalue weighted by atomic mass is 9.66. The van der Waals surface area contributed by atoms with E-state index in [1.54, 1.807) is 0 Å². The van der Waals surface area contributed by atoms with Gasteiger partial charge in [-0.1, -0.05) is 0 Å². The summed E-state index contributed by atoms with van der Waals surface area (Å²) in [5.74, 6) is -4.36.